The molecule has 0 atom stereocenters. The second kappa shape index (κ2) is 9.07. The summed E-state index contributed by atoms with van der Waals surface area (Å²) in [4.78, 5) is 15.2. The molecule has 0 unspecified atom stereocenters. The summed E-state index contributed by atoms with van der Waals surface area (Å²) < 4.78 is 45.0. The number of carbonyl (C=O) groups excluding carboxylic acids is 1. The van der Waals surface area contributed by atoms with Gasteiger partial charge in [-0.1, -0.05) is 18.2 Å². The van der Waals surface area contributed by atoms with Gasteiger partial charge in [0.25, 0.3) is 0 Å². The molecule has 5 nitrogen and oxygen atoms in total. The van der Waals surface area contributed by atoms with E-state index in [2.05, 4.69) is 15.6 Å². The summed E-state index contributed by atoms with van der Waals surface area (Å²) in [5.41, 5.74) is -0.750. The number of nitrogens with one attached hydrogen (secondary N) is 2. The fourth-order valence-electron chi connectivity index (χ4n) is 2.28. The molecule has 2 aromatic rings. The van der Waals surface area contributed by atoms with Crippen LogP contribution in [0.15, 0.2) is 42.6 Å². The molecule has 1 aromatic heterocycles. The first-order valence-electron chi connectivity index (χ1n) is 8.14. The number of anilines is 1. The SMILES string of the molecule is CCNC(=O)CNc1cc(CCOc2ccccc2)c(C(F)(F)F)cn1. The van der Waals surface area contributed by atoms with Gasteiger partial charge < -0.3 is 15.4 Å². The van der Waals surface area contributed by atoms with E-state index in [0.717, 1.165) is 6.20 Å². The smallest absolute Gasteiger partial charge is 0.418 e. The van der Waals surface area contributed by atoms with Crippen molar-refractivity contribution in [1.29, 1.82) is 0 Å². The Balaban J connectivity index is 2.07. The molecule has 26 heavy (non-hydrogen) atoms. The minimum Gasteiger partial charge on any atom is -0.493 e. The molecular weight excluding hydrogens is 347 g/mol. The molecule has 0 aliphatic heterocycles. The van der Waals surface area contributed by atoms with Crippen LogP contribution < -0.4 is 15.4 Å². The second-order valence-electron chi connectivity index (χ2n) is 5.44. The maximum absolute atomic E-state index is 13.2. The predicted molar refractivity (Wildman–Crippen MR) is 92.1 cm³/mol. The lowest BCUT2D eigenvalue weighted by molar-refractivity contribution is -0.138. The number of likely N-dealkylation sites (N-methyl/N-ethyl adjacent to an activating group) is 1. The first-order valence-corrected chi connectivity index (χ1v) is 8.14. The van der Waals surface area contributed by atoms with Crippen molar-refractivity contribution in [3.63, 3.8) is 0 Å². The van der Waals surface area contributed by atoms with Crippen molar-refractivity contribution in [1.82, 2.24) is 10.3 Å². The molecule has 2 N–H and O–H groups in total. The van der Waals surface area contributed by atoms with Crippen molar-refractivity contribution >= 4 is 11.7 Å². The van der Waals surface area contributed by atoms with E-state index < -0.39 is 11.7 Å². The van der Waals surface area contributed by atoms with Gasteiger partial charge in [-0.2, -0.15) is 13.2 Å². The maximum atomic E-state index is 13.2. The number of benzene rings is 1. The normalized spacial score (nSPS) is 11.1. The van der Waals surface area contributed by atoms with E-state index in [0.29, 0.717) is 12.3 Å². The number of nitrogens with zero attached hydrogens (tertiary/aromatic N) is 1. The summed E-state index contributed by atoms with van der Waals surface area (Å²) in [6, 6.07) is 10.2. The molecule has 0 aliphatic carbocycles. The number of amides is 1. The van der Waals surface area contributed by atoms with Crippen LogP contribution in [-0.4, -0.2) is 30.6 Å². The van der Waals surface area contributed by atoms with Gasteiger partial charge in [0.2, 0.25) is 5.91 Å². The van der Waals surface area contributed by atoms with Crippen LogP contribution >= 0.6 is 0 Å². The van der Waals surface area contributed by atoms with Gasteiger partial charge in [-0.3, -0.25) is 4.79 Å². The predicted octanol–water partition coefficient (Wildman–Crippen LogP) is 3.27. The third-order valence-corrected chi connectivity index (χ3v) is 3.48. The van der Waals surface area contributed by atoms with Crippen LogP contribution in [0.2, 0.25) is 0 Å². The highest BCUT2D eigenvalue weighted by atomic mass is 19.4. The Morgan fingerprint density at radius 3 is 2.62 bits per heavy atom. The summed E-state index contributed by atoms with van der Waals surface area (Å²) in [6.07, 6.45) is -3.67. The standard InChI is InChI=1S/C18H20F3N3O2/c1-2-22-17(25)12-24-16-10-13(15(11-23-16)18(19,20)21)8-9-26-14-6-4-3-5-7-14/h3-7,10-11H,2,8-9,12H2,1H3,(H,22,25)(H,23,24). The zero-order valence-corrected chi connectivity index (χ0v) is 14.3. The number of ether oxygens (including phenoxy) is 1. The van der Waals surface area contributed by atoms with Gasteiger partial charge in [-0.15, -0.1) is 0 Å². The van der Waals surface area contributed by atoms with Gasteiger partial charge >= 0.3 is 6.18 Å². The summed E-state index contributed by atoms with van der Waals surface area (Å²) in [5.74, 6) is 0.534. The first kappa shape index (κ1) is 19.6. The van der Waals surface area contributed by atoms with E-state index in [-0.39, 0.29) is 36.9 Å². The van der Waals surface area contributed by atoms with Gasteiger partial charge in [0, 0.05) is 19.2 Å². The highest BCUT2D eigenvalue weighted by Gasteiger charge is 2.33. The van der Waals surface area contributed by atoms with Crippen molar-refractivity contribution in [2.45, 2.75) is 19.5 Å². The zero-order chi connectivity index (χ0) is 19.0. The number of aromatic nitrogens is 1. The monoisotopic (exact) mass is 367 g/mol. The van der Waals surface area contributed by atoms with E-state index in [1.807, 2.05) is 6.07 Å². The molecule has 0 spiro atoms. The molecule has 0 radical (unpaired) electrons. The van der Waals surface area contributed by atoms with Crippen LogP contribution in [0.5, 0.6) is 5.75 Å². The molecule has 1 aromatic carbocycles. The Morgan fingerprint density at radius 2 is 1.96 bits per heavy atom. The van der Waals surface area contributed by atoms with Gasteiger partial charge in [0.1, 0.15) is 11.6 Å². The second-order valence-corrected chi connectivity index (χ2v) is 5.44. The molecular formula is C18H20F3N3O2. The molecule has 2 rings (SSSR count). The van der Waals surface area contributed by atoms with Crippen LogP contribution in [0.25, 0.3) is 0 Å². The summed E-state index contributed by atoms with van der Waals surface area (Å²) in [7, 11) is 0. The number of halogens is 3. The molecule has 8 heteroatoms. The van der Waals surface area contributed by atoms with Crippen LogP contribution in [0.4, 0.5) is 19.0 Å². The number of alkyl halides is 3. The van der Waals surface area contributed by atoms with E-state index in [1.165, 1.54) is 6.07 Å². The van der Waals surface area contributed by atoms with Crippen molar-refractivity contribution in [2.24, 2.45) is 0 Å². The molecule has 0 aliphatic rings. The summed E-state index contributed by atoms with van der Waals surface area (Å²) in [5, 5.41) is 5.31. The molecule has 0 bridgehead atoms. The topological polar surface area (TPSA) is 63.2 Å². The largest absolute Gasteiger partial charge is 0.493 e. The number of hydrogen-bond donors (Lipinski definition) is 2. The quantitative estimate of drug-likeness (QED) is 0.752. The zero-order valence-electron chi connectivity index (χ0n) is 14.3. The molecule has 0 saturated heterocycles. The lowest BCUT2D eigenvalue weighted by Crippen LogP contribution is -2.29. The summed E-state index contributed by atoms with van der Waals surface area (Å²) in [6.45, 7) is 2.28. The number of carbonyl (C=O) groups is 1. The Labute approximate surface area is 149 Å². The Morgan fingerprint density at radius 1 is 1.23 bits per heavy atom. The van der Waals surface area contributed by atoms with E-state index in [9.17, 15) is 18.0 Å². The number of hydrogen-bond acceptors (Lipinski definition) is 4. The van der Waals surface area contributed by atoms with Gasteiger partial charge in [-0.05, 0) is 30.7 Å². The number of para-hydroxylation sites is 1. The van der Waals surface area contributed by atoms with Crippen molar-refractivity contribution in [3.05, 3.63) is 53.7 Å². The molecule has 1 amide bonds. The van der Waals surface area contributed by atoms with E-state index in [1.54, 1.807) is 31.2 Å². The molecule has 140 valence electrons. The minimum atomic E-state index is -4.51. The molecule has 0 fully saturated rings. The summed E-state index contributed by atoms with van der Waals surface area (Å²) >= 11 is 0. The highest BCUT2D eigenvalue weighted by molar-refractivity contribution is 5.80. The fraction of sp³-hybridized carbons (Fsp3) is 0.333. The van der Waals surface area contributed by atoms with Crippen LogP contribution in [-0.2, 0) is 17.4 Å². The van der Waals surface area contributed by atoms with Crippen LogP contribution in [0.3, 0.4) is 0 Å². The molecule has 1 heterocycles. The average Bonchev–Trinajstić information content (AvgIpc) is 2.60. The third-order valence-electron chi connectivity index (χ3n) is 3.48. The highest BCUT2D eigenvalue weighted by Crippen LogP contribution is 2.32. The number of rotatable bonds is 8. The maximum Gasteiger partial charge on any atom is 0.418 e. The Hall–Kier alpha value is -2.77. The Kier molecular flexibility index (Phi) is 6.82. The van der Waals surface area contributed by atoms with E-state index >= 15 is 0 Å². The Bertz CT molecular complexity index is 721. The van der Waals surface area contributed by atoms with Crippen LogP contribution in [0, 0.1) is 0 Å². The van der Waals surface area contributed by atoms with Crippen molar-refractivity contribution < 1.29 is 22.7 Å². The lowest BCUT2D eigenvalue weighted by atomic mass is 10.1. The van der Waals surface area contributed by atoms with E-state index in [4.69, 9.17) is 4.74 Å². The lowest BCUT2D eigenvalue weighted by Gasteiger charge is -2.15. The average molecular weight is 367 g/mol. The first-order chi connectivity index (χ1) is 12.4. The van der Waals surface area contributed by atoms with Gasteiger partial charge in [0.05, 0.1) is 18.7 Å². The van der Waals surface area contributed by atoms with Gasteiger partial charge in [-0.25, -0.2) is 4.98 Å². The fourth-order valence-corrected chi connectivity index (χ4v) is 2.28. The van der Waals surface area contributed by atoms with Crippen LogP contribution in [0.1, 0.15) is 18.1 Å². The van der Waals surface area contributed by atoms with Gasteiger partial charge in [0.15, 0.2) is 0 Å². The minimum absolute atomic E-state index is 0.0573. The van der Waals surface area contributed by atoms with Crippen molar-refractivity contribution in [3.8, 4) is 5.75 Å². The third kappa shape index (κ3) is 5.94. The van der Waals surface area contributed by atoms with Crippen molar-refractivity contribution in [2.75, 3.05) is 25.0 Å². The molecule has 0 saturated carbocycles. The number of pyridine rings is 1.